The highest BCUT2D eigenvalue weighted by Gasteiger charge is 2.62. The van der Waals surface area contributed by atoms with Gasteiger partial charge in [-0.3, -0.25) is 10.5 Å². The van der Waals surface area contributed by atoms with Gasteiger partial charge in [0.15, 0.2) is 11.3 Å². The molecule has 1 aliphatic heterocycles. The Labute approximate surface area is 175 Å². The lowest BCUT2D eigenvalue weighted by molar-refractivity contribution is -0.146. The van der Waals surface area contributed by atoms with Gasteiger partial charge in [0.05, 0.1) is 14.2 Å². The topological polar surface area (TPSA) is 174 Å². The summed E-state index contributed by atoms with van der Waals surface area (Å²) in [7, 11) is 2.84. The second kappa shape index (κ2) is 7.32. The second-order valence-electron chi connectivity index (χ2n) is 7.54. The van der Waals surface area contributed by atoms with Crippen molar-refractivity contribution in [1.82, 2.24) is 0 Å². The summed E-state index contributed by atoms with van der Waals surface area (Å²) in [6.45, 7) is 0. The molecule has 11 heteroatoms. The Morgan fingerprint density at radius 3 is 2.68 bits per heavy atom. The SMILES string of the molecule is COc1ccc2cc(NC(=O)[C@]3(N)C[C@]4(O)[C@@H](C=C[C@@H](O)[C@@H]4O)O3)c(=O)oc2c1OC. The summed E-state index contributed by atoms with van der Waals surface area (Å²) in [6, 6.07) is 4.59. The first-order valence-corrected chi connectivity index (χ1v) is 9.37. The highest BCUT2D eigenvalue weighted by molar-refractivity contribution is 5.98. The van der Waals surface area contributed by atoms with Crippen molar-refractivity contribution < 1.29 is 38.7 Å². The number of benzene rings is 1. The lowest BCUT2D eigenvalue weighted by Gasteiger charge is -2.36. The summed E-state index contributed by atoms with van der Waals surface area (Å²) in [4.78, 5) is 25.3. The summed E-state index contributed by atoms with van der Waals surface area (Å²) in [5.74, 6) is -0.354. The molecule has 166 valence electrons. The fourth-order valence-electron chi connectivity index (χ4n) is 3.93. The molecule has 5 atom stereocenters. The first-order valence-electron chi connectivity index (χ1n) is 9.37. The number of hydrogen-bond acceptors (Lipinski definition) is 10. The van der Waals surface area contributed by atoms with Crippen molar-refractivity contribution in [2.45, 2.75) is 36.1 Å². The first-order chi connectivity index (χ1) is 14.6. The monoisotopic (exact) mass is 434 g/mol. The van der Waals surface area contributed by atoms with Crippen LogP contribution >= 0.6 is 0 Å². The molecule has 11 nitrogen and oxygen atoms in total. The Hall–Kier alpha value is -2.96. The van der Waals surface area contributed by atoms with E-state index in [0.717, 1.165) is 0 Å². The van der Waals surface area contributed by atoms with E-state index in [1.165, 1.54) is 32.4 Å². The van der Waals surface area contributed by atoms with Crippen molar-refractivity contribution in [2.75, 3.05) is 19.5 Å². The van der Waals surface area contributed by atoms with Crippen molar-refractivity contribution in [3.05, 3.63) is 40.8 Å². The quantitative estimate of drug-likeness (QED) is 0.303. The number of carbonyl (C=O) groups is 1. The minimum absolute atomic E-state index is 0.131. The molecule has 1 fully saturated rings. The van der Waals surface area contributed by atoms with Crippen LogP contribution in [0.25, 0.3) is 11.0 Å². The van der Waals surface area contributed by atoms with E-state index in [0.29, 0.717) is 11.1 Å². The van der Waals surface area contributed by atoms with Crippen LogP contribution in [0, 0.1) is 0 Å². The number of nitrogens with two attached hydrogens (primary N) is 1. The number of methoxy groups -OCH3 is 2. The number of hydrogen-bond donors (Lipinski definition) is 5. The number of anilines is 1. The maximum Gasteiger partial charge on any atom is 0.360 e. The molecule has 0 saturated carbocycles. The van der Waals surface area contributed by atoms with E-state index >= 15 is 0 Å². The highest BCUT2D eigenvalue weighted by atomic mass is 16.6. The Morgan fingerprint density at radius 1 is 1.26 bits per heavy atom. The van der Waals surface area contributed by atoms with Crippen molar-refractivity contribution in [2.24, 2.45) is 5.73 Å². The molecule has 0 spiro atoms. The Kier molecular flexibility index (Phi) is 5.03. The summed E-state index contributed by atoms with van der Waals surface area (Å²) >= 11 is 0. The molecule has 1 aromatic carbocycles. The van der Waals surface area contributed by atoms with Gasteiger partial charge in [-0.25, -0.2) is 4.79 Å². The number of aliphatic hydroxyl groups is 3. The molecule has 31 heavy (non-hydrogen) atoms. The molecule has 0 bridgehead atoms. The van der Waals surface area contributed by atoms with Gasteiger partial charge in [-0.15, -0.1) is 0 Å². The lowest BCUT2D eigenvalue weighted by atomic mass is 9.80. The average Bonchev–Trinajstić information content (AvgIpc) is 3.03. The summed E-state index contributed by atoms with van der Waals surface area (Å²) < 4.78 is 21.2. The molecule has 1 amide bonds. The maximum absolute atomic E-state index is 12.9. The van der Waals surface area contributed by atoms with Crippen LogP contribution in [0.1, 0.15) is 6.42 Å². The minimum Gasteiger partial charge on any atom is -0.493 e. The number of nitrogens with one attached hydrogen (secondary N) is 1. The number of carbonyl (C=O) groups excluding carboxylic acids is 1. The van der Waals surface area contributed by atoms with E-state index < -0.39 is 47.6 Å². The number of rotatable bonds is 4. The van der Waals surface area contributed by atoms with Crippen molar-refractivity contribution >= 4 is 22.6 Å². The Morgan fingerprint density at radius 2 is 2.00 bits per heavy atom. The Bertz CT molecular complexity index is 1130. The molecule has 1 aliphatic carbocycles. The van der Waals surface area contributed by atoms with Crippen LogP contribution in [0.5, 0.6) is 11.5 Å². The zero-order chi connectivity index (χ0) is 22.6. The zero-order valence-electron chi connectivity index (χ0n) is 16.7. The fourth-order valence-corrected chi connectivity index (χ4v) is 3.93. The average molecular weight is 434 g/mol. The molecule has 1 aromatic heterocycles. The zero-order valence-corrected chi connectivity index (χ0v) is 16.7. The number of amides is 1. The lowest BCUT2D eigenvalue weighted by Crippen LogP contribution is -2.57. The van der Waals surface area contributed by atoms with Gasteiger partial charge in [0.1, 0.15) is 29.6 Å². The van der Waals surface area contributed by atoms with Gasteiger partial charge in [0, 0.05) is 11.8 Å². The molecule has 0 unspecified atom stereocenters. The summed E-state index contributed by atoms with van der Waals surface area (Å²) in [6.07, 6.45) is -2.01. The molecule has 2 aromatic rings. The molecule has 0 radical (unpaired) electrons. The molecular weight excluding hydrogens is 412 g/mol. The van der Waals surface area contributed by atoms with E-state index in [-0.39, 0.29) is 17.0 Å². The second-order valence-corrected chi connectivity index (χ2v) is 7.54. The van der Waals surface area contributed by atoms with Crippen LogP contribution in [0.3, 0.4) is 0 Å². The van der Waals surface area contributed by atoms with Gasteiger partial charge in [0.2, 0.25) is 11.5 Å². The number of fused-ring (bicyclic) bond motifs is 2. The summed E-state index contributed by atoms with van der Waals surface area (Å²) in [5, 5.41) is 33.5. The van der Waals surface area contributed by atoms with Crippen LogP contribution < -0.4 is 26.1 Å². The standard InChI is InChI=1S/C20H22N2O9/c1-28-12-5-3-9-7-10(17(25)30-14(9)15(12)29-2)22-18(26)20(21)8-19(27)13(31-20)6-4-11(23)16(19)24/h3-7,11,13,16,23-24,27H,8,21H2,1-2H3,(H,22,26)/t11-,13-,16+,19+,20+/m1/s1. The first kappa shape index (κ1) is 21.3. The number of aliphatic hydroxyl groups excluding tert-OH is 2. The van der Waals surface area contributed by atoms with E-state index in [4.69, 9.17) is 24.4 Å². The van der Waals surface area contributed by atoms with Gasteiger partial charge in [-0.2, -0.15) is 0 Å². The van der Waals surface area contributed by atoms with Gasteiger partial charge < -0.3 is 39.3 Å². The molecule has 1 saturated heterocycles. The third-order valence-corrected chi connectivity index (χ3v) is 5.57. The largest absolute Gasteiger partial charge is 0.493 e. The maximum atomic E-state index is 12.9. The van der Waals surface area contributed by atoms with Crippen LogP contribution in [0.15, 0.2) is 39.6 Å². The fraction of sp³-hybridized carbons (Fsp3) is 0.400. The van der Waals surface area contributed by atoms with Crippen LogP contribution in [-0.2, 0) is 9.53 Å². The Balaban J connectivity index is 1.64. The molecule has 2 heterocycles. The van der Waals surface area contributed by atoms with Crippen molar-refractivity contribution in [1.29, 1.82) is 0 Å². The number of ether oxygens (including phenoxy) is 3. The molecule has 4 rings (SSSR count). The predicted octanol–water partition coefficient (Wildman–Crippen LogP) is -0.785. The van der Waals surface area contributed by atoms with Gasteiger partial charge in [-0.05, 0) is 18.2 Å². The highest BCUT2D eigenvalue weighted by Crippen LogP contribution is 2.42. The molecular formula is C20H22N2O9. The normalized spacial score (nSPS) is 32.0. The van der Waals surface area contributed by atoms with E-state index in [9.17, 15) is 24.9 Å². The molecule has 2 aliphatic rings. The third-order valence-electron chi connectivity index (χ3n) is 5.57. The van der Waals surface area contributed by atoms with Gasteiger partial charge in [0.25, 0.3) is 5.91 Å². The summed E-state index contributed by atoms with van der Waals surface area (Å²) in [5.41, 5.74) is 1.05. The van der Waals surface area contributed by atoms with Gasteiger partial charge >= 0.3 is 5.63 Å². The van der Waals surface area contributed by atoms with Crippen molar-refractivity contribution in [3.8, 4) is 11.5 Å². The minimum atomic E-state index is -2.08. The van der Waals surface area contributed by atoms with Crippen LogP contribution in [0.4, 0.5) is 5.69 Å². The van der Waals surface area contributed by atoms with E-state index in [1.807, 2.05) is 0 Å². The van der Waals surface area contributed by atoms with Crippen LogP contribution in [0.2, 0.25) is 0 Å². The third kappa shape index (κ3) is 3.27. The van der Waals surface area contributed by atoms with Gasteiger partial charge in [-0.1, -0.05) is 12.2 Å². The predicted molar refractivity (Wildman–Crippen MR) is 107 cm³/mol. The van der Waals surface area contributed by atoms with Crippen molar-refractivity contribution in [3.63, 3.8) is 0 Å². The smallest absolute Gasteiger partial charge is 0.360 e. The van der Waals surface area contributed by atoms with E-state index in [2.05, 4.69) is 5.32 Å². The van der Waals surface area contributed by atoms with E-state index in [1.54, 1.807) is 12.1 Å². The molecule has 6 N–H and O–H groups in total. The van der Waals surface area contributed by atoms with Crippen LogP contribution in [-0.4, -0.2) is 65.1 Å².